The highest BCUT2D eigenvalue weighted by Gasteiger charge is 2.29. The number of nitrogens with zero attached hydrogens (tertiary/aromatic N) is 3. The van der Waals surface area contributed by atoms with E-state index >= 15 is 0 Å². The lowest BCUT2D eigenvalue weighted by atomic mass is 9.82. The molecule has 2 heterocycles. The predicted molar refractivity (Wildman–Crippen MR) is 88.6 cm³/mol. The van der Waals surface area contributed by atoms with Gasteiger partial charge in [0.1, 0.15) is 5.82 Å². The number of nitrogens with one attached hydrogen (secondary N) is 2. The van der Waals surface area contributed by atoms with Crippen LogP contribution in [0.4, 0.5) is 0 Å². The van der Waals surface area contributed by atoms with Crippen LogP contribution in [0.5, 0.6) is 0 Å². The molecule has 0 aliphatic heterocycles. The second kappa shape index (κ2) is 6.55. The van der Waals surface area contributed by atoms with Crippen molar-refractivity contribution in [2.45, 2.75) is 63.5 Å². The van der Waals surface area contributed by atoms with Crippen LogP contribution in [-0.2, 0) is 20.0 Å². The molecular formula is C17H25N5O2. The number of H-pyrrole nitrogens is 1. The maximum atomic E-state index is 11.5. The van der Waals surface area contributed by atoms with Gasteiger partial charge in [-0.05, 0) is 31.6 Å². The Balaban J connectivity index is 1.37. The van der Waals surface area contributed by atoms with Gasteiger partial charge in [-0.3, -0.25) is 4.57 Å². The van der Waals surface area contributed by atoms with Gasteiger partial charge in [0.2, 0.25) is 0 Å². The molecule has 130 valence electrons. The van der Waals surface area contributed by atoms with Crippen LogP contribution in [0.3, 0.4) is 0 Å². The zero-order valence-electron chi connectivity index (χ0n) is 14.1. The molecule has 0 spiro atoms. The molecule has 7 nitrogen and oxygen atoms in total. The summed E-state index contributed by atoms with van der Waals surface area (Å²) in [6.45, 7) is 0.723. The second-order valence-electron chi connectivity index (χ2n) is 7.23. The molecule has 0 radical (unpaired) electrons. The first-order chi connectivity index (χ1) is 11.7. The van der Waals surface area contributed by atoms with Gasteiger partial charge in [0.15, 0.2) is 5.76 Å². The number of rotatable bonds is 6. The van der Waals surface area contributed by atoms with E-state index in [4.69, 9.17) is 4.52 Å². The lowest BCUT2D eigenvalue weighted by molar-refractivity contribution is 0.245. The van der Waals surface area contributed by atoms with Crippen LogP contribution in [0.1, 0.15) is 61.7 Å². The third kappa shape index (κ3) is 3.31. The molecule has 0 aromatic carbocycles. The lowest BCUT2D eigenvalue weighted by Crippen LogP contribution is -2.39. The Kier molecular flexibility index (Phi) is 4.26. The highest BCUT2D eigenvalue weighted by molar-refractivity contribution is 5.15. The number of hydrogen-bond acceptors (Lipinski definition) is 5. The van der Waals surface area contributed by atoms with Crippen molar-refractivity contribution < 1.29 is 4.52 Å². The van der Waals surface area contributed by atoms with Gasteiger partial charge >= 0.3 is 5.69 Å². The highest BCUT2D eigenvalue weighted by Crippen LogP contribution is 2.39. The van der Waals surface area contributed by atoms with Crippen molar-refractivity contribution in [2.24, 2.45) is 13.0 Å². The average molecular weight is 331 g/mol. The van der Waals surface area contributed by atoms with Crippen molar-refractivity contribution >= 4 is 0 Å². The van der Waals surface area contributed by atoms with Crippen molar-refractivity contribution in [2.75, 3.05) is 0 Å². The van der Waals surface area contributed by atoms with Crippen LogP contribution < -0.4 is 11.0 Å². The fraction of sp³-hybridized carbons (Fsp3) is 0.706. The Labute approximate surface area is 140 Å². The van der Waals surface area contributed by atoms with E-state index in [0.29, 0.717) is 17.9 Å². The highest BCUT2D eigenvalue weighted by atomic mass is 16.5. The predicted octanol–water partition coefficient (Wildman–Crippen LogP) is 1.86. The molecule has 24 heavy (non-hydrogen) atoms. The Morgan fingerprint density at radius 2 is 2.17 bits per heavy atom. The van der Waals surface area contributed by atoms with E-state index in [0.717, 1.165) is 36.7 Å². The average Bonchev–Trinajstić information content (AvgIpc) is 3.27. The smallest absolute Gasteiger partial charge is 0.343 e. The van der Waals surface area contributed by atoms with E-state index < -0.39 is 0 Å². The minimum atomic E-state index is -0.139. The van der Waals surface area contributed by atoms with E-state index in [-0.39, 0.29) is 5.69 Å². The van der Waals surface area contributed by atoms with Gasteiger partial charge in [0.05, 0.1) is 12.2 Å². The van der Waals surface area contributed by atoms with E-state index in [1.165, 1.54) is 32.1 Å². The molecule has 2 aromatic heterocycles. The molecule has 2 saturated carbocycles. The first-order valence-electron chi connectivity index (χ1n) is 9.00. The summed E-state index contributed by atoms with van der Waals surface area (Å²) in [7, 11) is 1.78. The number of aromatic amines is 1. The van der Waals surface area contributed by atoms with Crippen LogP contribution in [0, 0.1) is 5.92 Å². The molecule has 0 amide bonds. The van der Waals surface area contributed by atoms with Crippen molar-refractivity contribution in [3.05, 3.63) is 33.8 Å². The van der Waals surface area contributed by atoms with Crippen molar-refractivity contribution in [3.8, 4) is 0 Å². The fourth-order valence-corrected chi connectivity index (χ4v) is 3.73. The van der Waals surface area contributed by atoms with Crippen LogP contribution in [0.2, 0.25) is 0 Å². The normalized spacial score (nSPS) is 24.4. The van der Waals surface area contributed by atoms with Gasteiger partial charge in [-0.25, -0.2) is 9.89 Å². The van der Waals surface area contributed by atoms with Gasteiger partial charge < -0.3 is 9.84 Å². The molecule has 4 rings (SSSR count). The summed E-state index contributed by atoms with van der Waals surface area (Å²) >= 11 is 0. The summed E-state index contributed by atoms with van der Waals surface area (Å²) in [5, 5.41) is 14.5. The molecule has 0 saturated heterocycles. The summed E-state index contributed by atoms with van der Waals surface area (Å²) in [6, 6.07) is 2.53. The molecule has 2 fully saturated rings. The first kappa shape index (κ1) is 15.6. The van der Waals surface area contributed by atoms with E-state index in [2.05, 4.69) is 26.7 Å². The summed E-state index contributed by atoms with van der Waals surface area (Å²) in [4.78, 5) is 11.5. The molecule has 2 atom stereocenters. The molecule has 7 heteroatoms. The van der Waals surface area contributed by atoms with Crippen molar-refractivity contribution in [1.29, 1.82) is 0 Å². The maximum Gasteiger partial charge on any atom is 0.343 e. The van der Waals surface area contributed by atoms with Crippen LogP contribution in [0.15, 0.2) is 15.4 Å². The van der Waals surface area contributed by atoms with E-state index in [1.807, 2.05) is 0 Å². The quantitative estimate of drug-likeness (QED) is 0.843. The summed E-state index contributed by atoms with van der Waals surface area (Å²) in [6.07, 6.45) is 8.14. The van der Waals surface area contributed by atoms with Gasteiger partial charge in [-0.2, -0.15) is 5.10 Å². The summed E-state index contributed by atoms with van der Waals surface area (Å²) in [5.41, 5.74) is 0.970. The topological polar surface area (TPSA) is 88.7 Å². The van der Waals surface area contributed by atoms with Crippen molar-refractivity contribution in [3.63, 3.8) is 0 Å². The minimum Gasteiger partial charge on any atom is -0.360 e. The van der Waals surface area contributed by atoms with Crippen LogP contribution in [-0.4, -0.2) is 26.0 Å². The van der Waals surface area contributed by atoms with Crippen LogP contribution >= 0.6 is 0 Å². The molecule has 0 bridgehead atoms. The summed E-state index contributed by atoms with van der Waals surface area (Å²) in [5.74, 6) is 2.90. The standard InChI is InChI=1S/C17H25N5O2/c1-22-16(19-20-17(22)23)8-12-4-2-3-5-14(12)18-10-13-9-15(21-24-13)11-6-7-11/h9,11-12,14,18H,2-8,10H2,1H3,(H,20,23)/t12-,14-/m1/s1. The fourth-order valence-electron chi connectivity index (χ4n) is 3.73. The molecule has 2 aliphatic carbocycles. The van der Waals surface area contributed by atoms with E-state index in [9.17, 15) is 4.79 Å². The molecule has 2 aromatic rings. The maximum absolute atomic E-state index is 11.5. The number of aromatic nitrogens is 4. The van der Waals surface area contributed by atoms with Gasteiger partial charge in [-0.15, -0.1) is 0 Å². The third-order valence-electron chi connectivity index (χ3n) is 5.44. The zero-order valence-corrected chi connectivity index (χ0v) is 14.1. The van der Waals surface area contributed by atoms with E-state index in [1.54, 1.807) is 11.6 Å². The summed E-state index contributed by atoms with van der Waals surface area (Å²) < 4.78 is 7.07. The van der Waals surface area contributed by atoms with Gasteiger partial charge in [0, 0.05) is 31.5 Å². The largest absolute Gasteiger partial charge is 0.360 e. The molecular weight excluding hydrogens is 306 g/mol. The Bertz CT molecular complexity index is 742. The van der Waals surface area contributed by atoms with Gasteiger partial charge in [-0.1, -0.05) is 18.0 Å². The van der Waals surface area contributed by atoms with Crippen molar-refractivity contribution in [1.82, 2.24) is 25.2 Å². The van der Waals surface area contributed by atoms with Gasteiger partial charge in [0.25, 0.3) is 0 Å². The monoisotopic (exact) mass is 331 g/mol. The minimum absolute atomic E-state index is 0.139. The first-order valence-corrected chi connectivity index (χ1v) is 9.00. The molecule has 0 unspecified atom stereocenters. The molecule has 2 N–H and O–H groups in total. The zero-order chi connectivity index (χ0) is 16.5. The molecule has 2 aliphatic rings. The second-order valence-corrected chi connectivity index (χ2v) is 7.23. The lowest BCUT2D eigenvalue weighted by Gasteiger charge is -2.31. The third-order valence-corrected chi connectivity index (χ3v) is 5.44. The Morgan fingerprint density at radius 1 is 1.33 bits per heavy atom. The number of hydrogen-bond donors (Lipinski definition) is 2. The SMILES string of the molecule is Cn1c(C[C@H]2CCCC[C@H]2NCc2cc(C3CC3)no2)n[nH]c1=O. The Morgan fingerprint density at radius 3 is 2.92 bits per heavy atom. The van der Waals surface area contributed by atoms with Crippen LogP contribution in [0.25, 0.3) is 0 Å². The Hall–Kier alpha value is -1.89.